The van der Waals surface area contributed by atoms with Gasteiger partial charge in [0.05, 0.1) is 19.7 Å². The van der Waals surface area contributed by atoms with Crippen LogP contribution in [0.5, 0.6) is 5.75 Å². The first-order valence-electron chi connectivity index (χ1n) is 5.96. The van der Waals surface area contributed by atoms with Gasteiger partial charge in [-0.25, -0.2) is 0 Å². The normalized spacial score (nSPS) is 11.5. The van der Waals surface area contributed by atoms with Crippen LogP contribution in [0.1, 0.15) is 12.5 Å². The van der Waals surface area contributed by atoms with Crippen LogP contribution in [0, 0.1) is 0 Å². The number of hydrogen-bond donors (Lipinski definition) is 3. The Morgan fingerprint density at radius 1 is 1.26 bits per heavy atom. The number of nitrogens with two attached hydrogens (primary N) is 1. The maximum absolute atomic E-state index is 11.5. The van der Waals surface area contributed by atoms with Crippen LogP contribution in [0.15, 0.2) is 24.3 Å². The Labute approximate surface area is 112 Å². The largest absolute Gasteiger partial charge is 0.497 e. The molecular formula is C13H19N3O3. The maximum Gasteiger partial charge on any atom is 0.239 e. The van der Waals surface area contributed by atoms with Crippen LogP contribution < -0.4 is 21.1 Å². The highest BCUT2D eigenvalue weighted by atomic mass is 16.5. The molecule has 6 heteroatoms. The Bertz CT molecular complexity index is 429. The molecule has 1 atom stereocenters. The number of carbonyl (C=O) groups excluding carboxylic acids is 2. The molecule has 1 aromatic rings. The molecule has 19 heavy (non-hydrogen) atoms. The SMILES string of the molecule is COc1ccc(CNC(=O)CNC(=O)[C@@H](C)N)cc1. The molecule has 0 saturated heterocycles. The molecular weight excluding hydrogens is 246 g/mol. The molecule has 1 aromatic carbocycles. The van der Waals surface area contributed by atoms with E-state index in [0.717, 1.165) is 11.3 Å². The number of carbonyl (C=O) groups is 2. The zero-order chi connectivity index (χ0) is 14.3. The summed E-state index contributed by atoms with van der Waals surface area (Å²) in [5, 5.41) is 5.14. The number of methoxy groups -OCH3 is 1. The Balaban J connectivity index is 2.31. The molecule has 4 N–H and O–H groups in total. The number of amides is 2. The van der Waals surface area contributed by atoms with Crippen LogP contribution in [-0.4, -0.2) is 31.5 Å². The summed E-state index contributed by atoms with van der Waals surface area (Å²) >= 11 is 0. The molecule has 0 heterocycles. The van der Waals surface area contributed by atoms with E-state index in [4.69, 9.17) is 10.5 Å². The summed E-state index contributed by atoms with van der Waals surface area (Å²) in [6, 6.07) is 6.74. The van der Waals surface area contributed by atoms with Crippen molar-refractivity contribution < 1.29 is 14.3 Å². The van der Waals surface area contributed by atoms with Gasteiger partial charge >= 0.3 is 0 Å². The second-order valence-corrected chi connectivity index (χ2v) is 4.13. The first-order valence-corrected chi connectivity index (χ1v) is 5.96. The van der Waals surface area contributed by atoms with Crippen LogP contribution in [-0.2, 0) is 16.1 Å². The van der Waals surface area contributed by atoms with Gasteiger partial charge in [0.15, 0.2) is 0 Å². The molecule has 6 nitrogen and oxygen atoms in total. The average Bonchev–Trinajstić information content (AvgIpc) is 2.42. The lowest BCUT2D eigenvalue weighted by Crippen LogP contribution is -2.43. The fraction of sp³-hybridized carbons (Fsp3) is 0.385. The lowest BCUT2D eigenvalue weighted by Gasteiger charge is -2.09. The lowest BCUT2D eigenvalue weighted by atomic mass is 10.2. The van der Waals surface area contributed by atoms with Gasteiger partial charge in [0.1, 0.15) is 5.75 Å². The fourth-order valence-electron chi connectivity index (χ4n) is 1.33. The third-order valence-electron chi connectivity index (χ3n) is 2.49. The van der Waals surface area contributed by atoms with E-state index in [2.05, 4.69) is 10.6 Å². The Kier molecular flexibility index (Phi) is 5.81. The van der Waals surface area contributed by atoms with Gasteiger partial charge < -0.3 is 21.1 Å². The van der Waals surface area contributed by atoms with Crippen LogP contribution in [0.2, 0.25) is 0 Å². The zero-order valence-corrected chi connectivity index (χ0v) is 11.1. The van der Waals surface area contributed by atoms with Crippen LogP contribution in [0.25, 0.3) is 0 Å². The first-order chi connectivity index (χ1) is 9.02. The van der Waals surface area contributed by atoms with Gasteiger partial charge in [0, 0.05) is 6.54 Å². The molecule has 0 radical (unpaired) electrons. The van der Waals surface area contributed by atoms with Crippen LogP contribution in [0.4, 0.5) is 0 Å². The van der Waals surface area contributed by atoms with Crippen molar-refractivity contribution in [3.8, 4) is 5.75 Å². The maximum atomic E-state index is 11.5. The Morgan fingerprint density at radius 3 is 2.42 bits per heavy atom. The van der Waals surface area contributed by atoms with E-state index in [1.54, 1.807) is 14.0 Å². The minimum Gasteiger partial charge on any atom is -0.497 e. The molecule has 0 unspecified atom stereocenters. The van der Waals surface area contributed by atoms with Gasteiger partial charge in [-0.05, 0) is 24.6 Å². The van der Waals surface area contributed by atoms with Crippen molar-refractivity contribution in [2.75, 3.05) is 13.7 Å². The van der Waals surface area contributed by atoms with Crippen molar-refractivity contribution in [1.82, 2.24) is 10.6 Å². The molecule has 0 spiro atoms. The molecule has 104 valence electrons. The minimum absolute atomic E-state index is 0.0729. The van der Waals surface area contributed by atoms with E-state index < -0.39 is 6.04 Å². The van der Waals surface area contributed by atoms with Crippen molar-refractivity contribution in [3.63, 3.8) is 0 Å². The van der Waals surface area contributed by atoms with Crippen molar-refractivity contribution in [2.24, 2.45) is 5.73 Å². The van der Waals surface area contributed by atoms with Crippen LogP contribution >= 0.6 is 0 Å². The summed E-state index contributed by atoms with van der Waals surface area (Å²) in [5.41, 5.74) is 6.31. The molecule has 1 rings (SSSR count). The highest BCUT2D eigenvalue weighted by Gasteiger charge is 2.08. The van der Waals surface area contributed by atoms with Crippen LogP contribution in [0.3, 0.4) is 0 Å². The Morgan fingerprint density at radius 2 is 1.89 bits per heavy atom. The van der Waals surface area contributed by atoms with E-state index in [1.807, 2.05) is 24.3 Å². The average molecular weight is 265 g/mol. The van der Waals surface area contributed by atoms with E-state index in [-0.39, 0.29) is 18.4 Å². The number of nitrogens with one attached hydrogen (secondary N) is 2. The van der Waals surface area contributed by atoms with E-state index in [0.29, 0.717) is 6.54 Å². The zero-order valence-electron chi connectivity index (χ0n) is 11.1. The van der Waals surface area contributed by atoms with Gasteiger partial charge in [0.25, 0.3) is 0 Å². The topological polar surface area (TPSA) is 93.5 Å². The molecule has 0 aliphatic heterocycles. The second-order valence-electron chi connectivity index (χ2n) is 4.13. The summed E-state index contributed by atoms with van der Waals surface area (Å²) in [6.45, 7) is 1.89. The molecule has 2 amide bonds. The van der Waals surface area contributed by atoms with E-state index >= 15 is 0 Å². The smallest absolute Gasteiger partial charge is 0.239 e. The second kappa shape index (κ2) is 7.38. The number of ether oxygens (including phenoxy) is 1. The van der Waals surface area contributed by atoms with Gasteiger partial charge in [-0.15, -0.1) is 0 Å². The third-order valence-corrected chi connectivity index (χ3v) is 2.49. The molecule has 0 aromatic heterocycles. The summed E-state index contributed by atoms with van der Waals surface area (Å²) in [6.07, 6.45) is 0. The molecule has 0 saturated carbocycles. The fourth-order valence-corrected chi connectivity index (χ4v) is 1.33. The van der Waals surface area contributed by atoms with Gasteiger partial charge in [-0.2, -0.15) is 0 Å². The quantitative estimate of drug-likeness (QED) is 0.662. The molecule has 0 aliphatic rings. The van der Waals surface area contributed by atoms with Gasteiger partial charge in [0.2, 0.25) is 11.8 Å². The standard InChI is InChI=1S/C13H19N3O3/c1-9(14)13(18)16-8-12(17)15-7-10-3-5-11(19-2)6-4-10/h3-6,9H,7-8,14H2,1-2H3,(H,15,17)(H,16,18)/t9-/m1/s1. The first kappa shape index (κ1) is 15.0. The number of rotatable bonds is 6. The third kappa shape index (κ3) is 5.39. The molecule has 0 bridgehead atoms. The van der Waals surface area contributed by atoms with E-state index in [9.17, 15) is 9.59 Å². The minimum atomic E-state index is -0.616. The number of hydrogen-bond acceptors (Lipinski definition) is 4. The van der Waals surface area contributed by atoms with Crippen molar-refractivity contribution >= 4 is 11.8 Å². The van der Waals surface area contributed by atoms with Gasteiger partial charge in [-0.3, -0.25) is 9.59 Å². The van der Waals surface area contributed by atoms with Crippen molar-refractivity contribution in [2.45, 2.75) is 19.5 Å². The van der Waals surface area contributed by atoms with Crippen molar-refractivity contribution in [3.05, 3.63) is 29.8 Å². The van der Waals surface area contributed by atoms with Gasteiger partial charge in [-0.1, -0.05) is 12.1 Å². The lowest BCUT2D eigenvalue weighted by molar-refractivity contribution is -0.126. The predicted molar refractivity (Wildman–Crippen MR) is 71.5 cm³/mol. The summed E-state index contributed by atoms with van der Waals surface area (Å²) < 4.78 is 5.04. The molecule has 0 fully saturated rings. The monoisotopic (exact) mass is 265 g/mol. The predicted octanol–water partition coefficient (Wildman–Crippen LogP) is -0.225. The Hall–Kier alpha value is -2.08. The molecule has 0 aliphatic carbocycles. The summed E-state index contributed by atoms with van der Waals surface area (Å²) in [7, 11) is 1.60. The number of benzene rings is 1. The highest BCUT2D eigenvalue weighted by Crippen LogP contribution is 2.10. The summed E-state index contributed by atoms with van der Waals surface area (Å²) in [4.78, 5) is 22.6. The van der Waals surface area contributed by atoms with E-state index in [1.165, 1.54) is 0 Å². The van der Waals surface area contributed by atoms with Crippen molar-refractivity contribution in [1.29, 1.82) is 0 Å². The highest BCUT2D eigenvalue weighted by molar-refractivity contribution is 5.86. The summed E-state index contributed by atoms with van der Waals surface area (Å²) in [5.74, 6) is 0.156.